The van der Waals surface area contributed by atoms with Crippen LogP contribution in [0, 0.1) is 6.92 Å². The molecule has 150 valence electrons. The molecule has 0 amide bonds. The van der Waals surface area contributed by atoms with Crippen LogP contribution in [0.4, 0.5) is 0 Å². The smallest absolute Gasteiger partial charge is 0.122 e. The molecule has 2 aromatic carbocycles. The van der Waals surface area contributed by atoms with E-state index in [0.717, 1.165) is 36.3 Å². The molecule has 0 radical (unpaired) electrons. The summed E-state index contributed by atoms with van der Waals surface area (Å²) in [5.74, 6) is 0.954. The fraction of sp³-hybridized carbons (Fsp3) is 0.455. The van der Waals surface area contributed by atoms with Crippen molar-refractivity contribution in [3.63, 3.8) is 0 Å². The number of aliphatic hydroxyl groups is 4. The second-order valence-electron chi connectivity index (χ2n) is 7.65. The van der Waals surface area contributed by atoms with E-state index < -0.39 is 37.1 Å². The number of ether oxygens (including phenoxy) is 2. The van der Waals surface area contributed by atoms with E-state index in [1.807, 2.05) is 31.2 Å². The zero-order valence-electron chi connectivity index (χ0n) is 15.8. The summed E-state index contributed by atoms with van der Waals surface area (Å²) >= 11 is 0. The SMILES string of the molecule is Cc1ccc([C@@H]2O[C@H](CO)[C@@H](O)[C@H](O)[C@H]2O)cc1Cc1ccc2c(c1)CCO2. The summed E-state index contributed by atoms with van der Waals surface area (Å²) < 4.78 is 11.3. The van der Waals surface area contributed by atoms with E-state index in [2.05, 4.69) is 12.1 Å². The van der Waals surface area contributed by atoms with E-state index in [4.69, 9.17) is 9.47 Å². The van der Waals surface area contributed by atoms with Crippen LogP contribution in [0.3, 0.4) is 0 Å². The molecule has 2 heterocycles. The Balaban J connectivity index is 1.60. The first-order chi connectivity index (χ1) is 13.5. The van der Waals surface area contributed by atoms with Gasteiger partial charge in [-0.05, 0) is 47.2 Å². The van der Waals surface area contributed by atoms with Crippen molar-refractivity contribution in [1.29, 1.82) is 0 Å². The molecule has 1 saturated heterocycles. The van der Waals surface area contributed by atoms with E-state index in [0.29, 0.717) is 5.56 Å². The molecule has 2 aromatic rings. The second kappa shape index (κ2) is 7.81. The third-order valence-electron chi connectivity index (χ3n) is 5.74. The summed E-state index contributed by atoms with van der Waals surface area (Å²) in [6, 6.07) is 12.0. The Morgan fingerprint density at radius 1 is 1.00 bits per heavy atom. The number of aryl methyl sites for hydroxylation is 1. The van der Waals surface area contributed by atoms with Crippen LogP contribution in [-0.4, -0.2) is 58.1 Å². The molecule has 0 aliphatic carbocycles. The molecule has 1 fully saturated rings. The van der Waals surface area contributed by atoms with E-state index in [1.54, 1.807) is 0 Å². The van der Waals surface area contributed by atoms with Crippen LogP contribution in [0.2, 0.25) is 0 Å². The Bertz CT molecular complexity index is 849. The molecule has 0 aromatic heterocycles. The maximum atomic E-state index is 10.4. The lowest BCUT2D eigenvalue weighted by Gasteiger charge is -2.40. The van der Waals surface area contributed by atoms with Crippen molar-refractivity contribution in [3.05, 3.63) is 64.2 Å². The summed E-state index contributed by atoms with van der Waals surface area (Å²) in [5, 5.41) is 39.9. The third-order valence-corrected chi connectivity index (χ3v) is 5.74. The molecule has 0 spiro atoms. The minimum atomic E-state index is -1.38. The number of rotatable bonds is 4. The third kappa shape index (κ3) is 3.54. The Morgan fingerprint density at radius 2 is 1.82 bits per heavy atom. The van der Waals surface area contributed by atoms with Gasteiger partial charge in [-0.25, -0.2) is 0 Å². The molecule has 6 nitrogen and oxygen atoms in total. The molecular formula is C22H26O6. The average molecular weight is 386 g/mol. The van der Waals surface area contributed by atoms with Gasteiger partial charge in [0.05, 0.1) is 13.2 Å². The van der Waals surface area contributed by atoms with E-state index >= 15 is 0 Å². The van der Waals surface area contributed by atoms with Crippen molar-refractivity contribution in [2.75, 3.05) is 13.2 Å². The summed E-state index contributed by atoms with van der Waals surface area (Å²) in [6.45, 7) is 2.32. The summed E-state index contributed by atoms with van der Waals surface area (Å²) in [5.41, 5.74) is 5.32. The zero-order valence-corrected chi connectivity index (χ0v) is 15.8. The van der Waals surface area contributed by atoms with Crippen LogP contribution in [-0.2, 0) is 17.6 Å². The first-order valence-corrected chi connectivity index (χ1v) is 9.62. The van der Waals surface area contributed by atoms with Gasteiger partial charge in [-0.15, -0.1) is 0 Å². The molecular weight excluding hydrogens is 360 g/mol. The van der Waals surface area contributed by atoms with E-state index in [1.165, 1.54) is 11.1 Å². The minimum absolute atomic E-state index is 0.433. The van der Waals surface area contributed by atoms with Gasteiger partial charge in [0.25, 0.3) is 0 Å². The maximum Gasteiger partial charge on any atom is 0.122 e. The van der Waals surface area contributed by atoms with Crippen LogP contribution in [0.25, 0.3) is 0 Å². The summed E-state index contributed by atoms with van der Waals surface area (Å²) in [7, 11) is 0. The Morgan fingerprint density at radius 3 is 2.61 bits per heavy atom. The fourth-order valence-corrected chi connectivity index (χ4v) is 4.01. The first kappa shape index (κ1) is 19.4. The molecule has 0 saturated carbocycles. The first-order valence-electron chi connectivity index (χ1n) is 9.62. The lowest BCUT2D eigenvalue weighted by molar-refractivity contribution is -0.231. The summed E-state index contributed by atoms with van der Waals surface area (Å²) in [4.78, 5) is 0. The van der Waals surface area contributed by atoms with Gasteiger partial charge in [0.15, 0.2) is 0 Å². The predicted molar refractivity (Wildman–Crippen MR) is 102 cm³/mol. The Kier molecular flexibility index (Phi) is 5.40. The average Bonchev–Trinajstić information content (AvgIpc) is 3.16. The minimum Gasteiger partial charge on any atom is -0.493 e. The number of hydrogen-bond acceptors (Lipinski definition) is 6. The summed E-state index contributed by atoms with van der Waals surface area (Å²) in [6.07, 6.45) is -4.08. The second-order valence-corrected chi connectivity index (χ2v) is 7.65. The highest BCUT2D eigenvalue weighted by Gasteiger charge is 2.43. The quantitative estimate of drug-likeness (QED) is 0.627. The van der Waals surface area contributed by atoms with Gasteiger partial charge in [-0.3, -0.25) is 0 Å². The van der Waals surface area contributed by atoms with Gasteiger partial charge in [0, 0.05) is 6.42 Å². The highest BCUT2D eigenvalue weighted by Crippen LogP contribution is 2.34. The Labute approximate surface area is 164 Å². The van der Waals surface area contributed by atoms with Crippen molar-refractivity contribution >= 4 is 0 Å². The molecule has 6 heteroatoms. The lowest BCUT2D eigenvalue weighted by atomic mass is 9.89. The van der Waals surface area contributed by atoms with Gasteiger partial charge >= 0.3 is 0 Å². The highest BCUT2D eigenvalue weighted by molar-refractivity contribution is 5.43. The van der Waals surface area contributed by atoms with Crippen molar-refractivity contribution in [2.24, 2.45) is 0 Å². The van der Waals surface area contributed by atoms with Gasteiger partial charge in [0.2, 0.25) is 0 Å². The van der Waals surface area contributed by atoms with Gasteiger partial charge < -0.3 is 29.9 Å². The number of hydrogen-bond donors (Lipinski definition) is 4. The molecule has 0 unspecified atom stereocenters. The van der Waals surface area contributed by atoms with Crippen LogP contribution in [0.5, 0.6) is 5.75 Å². The maximum absolute atomic E-state index is 10.4. The monoisotopic (exact) mass is 386 g/mol. The van der Waals surface area contributed by atoms with E-state index in [9.17, 15) is 20.4 Å². The normalized spacial score (nSPS) is 29.4. The van der Waals surface area contributed by atoms with Crippen LogP contribution in [0.15, 0.2) is 36.4 Å². The number of aliphatic hydroxyl groups excluding tert-OH is 4. The van der Waals surface area contributed by atoms with Crippen molar-refractivity contribution in [2.45, 2.75) is 50.3 Å². The van der Waals surface area contributed by atoms with Crippen molar-refractivity contribution in [1.82, 2.24) is 0 Å². The molecule has 28 heavy (non-hydrogen) atoms. The number of benzene rings is 2. The largest absolute Gasteiger partial charge is 0.493 e. The molecule has 2 aliphatic heterocycles. The van der Waals surface area contributed by atoms with Gasteiger partial charge in [-0.1, -0.05) is 30.3 Å². The van der Waals surface area contributed by atoms with Crippen LogP contribution < -0.4 is 4.74 Å². The van der Waals surface area contributed by atoms with Gasteiger partial charge in [0.1, 0.15) is 36.3 Å². The van der Waals surface area contributed by atoms with E-state index in [-0.39, 0.29) is 0 Å². The topological polar surface area (TPSA) is 99.4 Å². The highest BCUT2D eigenvalue weighted by atomic mass is 16.5. The lowest BCUT2D eigenvalue weighted by Crippen LogP contribution is -2.55. The molecule has 4 N–H and O–H groups in total. The molecule has 2 aliphatic rings. The van der Waals surface area contributed by atoms with Crippen molar-refractivity contribution in [3.8, 4) is 5.75 Å². The standard InChI is InChI=1S/C22H26O6/c1-12-2-4-15(22-21(26)20(25)19(24)18(11-23)28-22)10-16(12)9-13-3-5-17-14(8-13)6-7-27-17/h2-5,8,10,18-26H,6-7,9,11H2,1H3/t18-,19-,20+,21-,22+/m1/s1. The molecule has 0 bridgehead atoms. The predicted octanol–water partition coefficient (Wildman–Crippen LogP) is 1.04. The fourth-order valence-electron chi connectivity index (χ4n) is 4.01. The zero-order chi connectivity index (χ0) is 19.8. The molecule has 4 rings (SSSR count). The number of fused-ring (bicyclic) bond motifs is 1. The molecule has 5 atom stereocenters. The van der Waals surface area contributed by atoms with Crippen molar-refractivity contribution < 1.29 is 29.9 Å². The van der Waals surface area contributed by atoms with Gasteiger partial charge in [-0.2, -0.15) is 0 Å². The van der Waals surface area contributed by atoms with Crippen LogP contribution in [0.1, 0.15) is 33.9 Å². The van der Waals surface area contributed by atoms with Crippen LogP contribution >= 0.6 is 0 Å². The Hall–Kier alpha value is -1.96.